The van der Waals surface area contributed by atoms with Crippen LogP contribution < -0.4 is 5.32 Å². The van der Waals surface area contributed by atoms with Crippen LogP contribution in [0.4, 0.5) is 5.00 Å². The maximum Gasteiger partial charge on any atom is 0.310 e. The first-order chi connectivity index (χ1) is 13.4. The molecule has 0 spiro atoms. The smallest absolute Gasteiger partial charge is 0.310 e. The van der Waals surface area contributed by atoms with Crippen molar-refractivity contribution in [1.29, 1.82) is 5.26 Å². The van der Waals surface area contributed by atoms with Gasteiger partial charge in [0.15, 0.2) is 6.61 Å². The largest absolute Gasteiger partial charge is 0.455 e. The fourth-order valence-corrected chi connectivity index (χ4v) is 4.99. The molecular formula is C20H18Cl2N2O3S. The van der Waals surface area contributed by atoms with Crippen molar-refractivity contribution in [2.45, 2.75) is 32.6 Å². The highest BCUT2D eigenvalue weighted by Crippen LogP contribution is 2.39. The number of anilines is 1. The number of hydrogen-bond acceptors (Lipinski definition) is 5. The van der Waals surface area contributed by atoms with Gasteiger partial charge in [0.05, 0.1) is 12.0 Å². The number of benzene rings is 1. The second-order valence-corrected chi connectivity index (χ2v) is 8.74. The van der Waals surface area contributed by atoms with Gasteiger partial charge in [-0.25, -0.2) is 0 Å². The number of carbonyl (C=O) groups excluding carboxylic acids is 2. The summed E-state index contributed by atoms with van der Waals surface area (Å²) in [6, 6.07) is 7.01. The number of amides is 1. The molecule has 1 aromatic heterocycles. The first-order valence-electron chi connectivity index (χ1n) is 8.81. The van der Waals surface area contributed by atoms with Gasteiger partial charge < -0.3 is 10.1 Å². The van der Waals surface area contributed by atoms with Crippen LogP contribution in [0.3, 0.4) is 0 Å². The van der Waals surface area contributed by atoms with Crippen LogP contribution in [0.1, 0.15) is 34.9 Å². The van der Waals surface area contributed by atoms with E-state index >= 15 is 0 Å². The Labute approximate surface area is 177 Å². The van der Waals surface area contributed by atoms with Crippen LogP contribution in [-0.4, -0.2) is 18.5 Å². The summed E-state index contributed by atoms with van der Waals surface area (Å²) < 4.78 is 5.04. The van der Waals surface area contributed by atoms with Crippen molar-refractivity contribution < 1.29 is 14.3 Å². The van der Waals surface area contributed by atoms with Crippen molar-refractivity contribution >= 4 is 51.4 Å². The first kappa shape index (κ1) is 20.7. The molecule has 0 unspecified atom stereocenters. The fourth-order valence-electron chi connectivity index (χ4n) is 3.14. The molecule has 0 fully saturated rings. The molecule has 1 heterocycles. The molecule has 0 aliphatic heterocycles. The van der Waals surface area contributed by atoms with Crippen LogP contribution in [0.15, 0.2) is 18.2 Å². The highest BCUT2D eigenvalue weighted by Gasteiger charge is 2.24. The first-order valence-corrected chi connectivity index (χ1v) is 10.4. The number of nitriles is 1. The normalized spacial score (nSPS) is 15.4. The summed E-state index contributed by atoms with van der Waals surface area (Å²) in [7, 11) is 0. The molecule has 1 aliphatic carbocycles. The average Bonchev–Trinajstić information content (AvgIpc) is 2.98. The monoisotopic (exact) mass is 436 g/mol. The lowest BCUT2D eigenvalue weighted by molar-refractivity contribution is -0.146. The Balaban J connectivity index is 1.57. The van der Waals surface area contributed by atoms with Gasteiger partial charge >= 0.3 is 5.97 Å². The number of nitrogens with one attached hydrogen (secondary N) is 1. The summed E-state index contributed by atoms with van der Waals surface area (Å²) in [5, 5.41) is 13.5. The van der Waals surface area contributed by atoms with Crippen molar-refractivity contribution in [2.24, 2.45) is 5.92 Å². The molecule has 5 nitrogen and oxygen atoms in total. The SMILES string of the molecule is C[C@H]1CCc2c(sc(NC(=O)COC(=O)Cc3ccc(Cl)cc3Cl)c2C#N)C1. The van der Waals surface area contributed by atoms with E-state index in [-0.39, 0.29) is 6.42 Å². The number of ether oxygens (including phenoxy) is 1. The van der Waals surface area contributed by atoms with Crippen LogP contribution in [0, 0.1) is 17.2 Å². The zero-order chi connectivity index (χ0) is 20.3. The maximum atomic E-state index is 12.2. The molecular weight excluding hydrogens is 419 g/mol. The Morgan fingerprint density at radius 1 is 1.39 bits per heavy atom. The van der Waals surface area contributed by atoms with Gasteiger partial charge in [-0.1, -0.05) is 36.2 Å². The number of esters is 1. The lowest BCUT2D eigenvalue weighted by Crippen LogP contribution is -2.21. The van der Waals surface area contributed by atoms with Crippen LogP contribution in [0.5, 0.6) is 0 Å². The fraction of sp³-hybridized carbons (Fsp3) is 0.350. The van der Waals surface area contributed by atoms with E-state index in [1.807, 2.05) is 0 Å². The third kappa shape index (κ3) is 4.85. The predicted molar refractivity (Wildman–Crippen MR) is 110 cm³/mol. The molecule has 0 bridgehead atoms. The zero-order valence-electron chi connectivity index (χ0n) is 15.2. The summed E-state index contributed by atoms with van der Waals surface area (Å²) in [4.78, 5) is 25.3. The minimum absolute atomic E-state index is 0.0576. The Kier molecular flexibility index (Phi) is 6.61. The van der Waals surface area contributed by atoms with Crippen LogP contribution in [0.25, 0.3) is 0 Å². The summed E-state index contributed by atoms with van der Waals surface area (Å²) in [6.07, 6.45) is 2.75. The maximum absolute atomic E-state index is 12.2. The number of fused-ring (bicyclic) bond motifs is 1. The van der Waals surface area contributed by atoms with Crippen molar-refractivity contribution in [3.63, 3.8) is 0 Å². The number of halogens is 2. The zero-order valence-corrected chi connectivity index (χ0v) is 17.5. The molecule has 1 amide bonds. The van der Waals surface area contributed by atoms with Gasteiger partial charge in [-0.3, -0.25) is 9.59 Å². The quantitative estimate of drug-likeness (QED) is 0.684. The number of hydrogen-bond donors (Lipinski definition) is 1. The summed E-state index contributed by atoms with van der Waals surface area (Å²) in [5.74, 6) is -0.472. The van der Waals surface area contributed by atoms with Gasteiger partial charge in [0.25, 0.3) is 5.91 Å². The van der Waals surface area contributed by atoms with Gasteiger partial charge in [0, 0.05) is 14.9 Å². The van der Waals surface area contributed by atoms with Gasteiger partial charge in [-0.15, -0.1) is 11.3 Å². The van der Waals surface area contributed by atoms with Crippen molar-refractivity contribution in [3.05, 3.63) is 49.8 Å². The third-order valence-corrected chi connectivity index (χ3v) is 6.35. The minimum atomic E-state index is -0.570. The lowest BCUT2D eigenvalue weighted by atomic mass is 9.89. The Bertz CT molecular complexity index is 965. The Morgan fingerprint density at radius 3 is 2.89 bits per heavy atom. The highest BCUT2D eigenvalue weighted by molar-refractivity contribution is 7.16. The second kappa shape index (κ2) is 8.95. The van der Waals surface area contributed by atoms with Gasteiger partial charge in [-0.2, -0.15) is 5.26 Å². The molecule has 0 radical (unpaired) electrons. The predicted octanol–water partition coefficient (Wildman–Crippen LogP) is 4.78. The lowest BCUT2D eigenvalue weighted by Gasteiger charge is -2.17. The summed E-state index contributed by atoms with van der Waals surface area (Å²) in [5.41, 5.74) is 2.14. The van der Waals surface area contributed by atoms with Crippen LogP contribution >= 0.6 is 34.5 Å². The van der Waals surface area contributed by atoms with Crippen LogP contribution in [-0.2, 0) is 33.6 Å². The van der Waals surface area contributed by atoms with E-state index < -0.39 is 18.5 Å². The molecule has 28 heavy (non-hydrogen) atoms. The van der Waals surface area contributed by atoms with E-state index in [4.69, 9.17) is 27.9 Å². The molecule has 0 saturated carbocycles. The number of thiophene rings is 1. The topological polar surface area (TPSA) is 79.2 Å². The van der Waals surface area contributed by atoms with Crippen molar-refractivity contribution in [3.8, 4) is 6.07 Å². The van der Waals surface area contributed by atoms with E-state index in [9.17, 15) is 14.9 Å². The standard InChI is InChI=1S/C20H18Cl2N2O3S/c1-11-2-5-14-15(9-23)20(28-17(14)6-11)24-18(25)10-27-19(26)7-12-3-4-13(21)8-16(12)22/h3-4,8,11H,2,5-7,10H2,1H3,(H,24,25)/t11-/m0/s1. The number of carbonyl (C=O) groups is 2. The Morgan fingerprint density at radius 2 is 2.18 bits per heavy atom. The molecule has 3 rings (SSSR count). The van der Waals surface area contributed by atoms with E-state index in [1.54, 1.807) is 18.2 Å². The highest BCUT2D eigenvalue weighted by atomic mass is 35.5. The van der Waals surface area contributed by atoms with E-state index in [0.29, 0.717) is 32.1 Å². The van der Waals surface area contributed by atoms with Gasteiger partial charge in [0.1, 0.15) is 11.1 Å². The summed E-state index contributed by atoms with van der Waals surface area (Å²) in [6.45, 7) is 1.76. The van der Waals surface area contributed by atoms with E-state index in [2.05, 4.69) is 18.3 Å². The van der Waals surface area contributed by atoms with Gasteiger partial charge in [-0.05, 0) is 48.4 Å². The molecule has 1 N–H and O–H groups in total. The molecule has 1 atom stereocenters. The average molecular weight is 437 g/mol. The minimum Gasteiger partial charge on any atom is -0.455 e. The second-order valence-electron chi connectivity index (χ2n) is 6.79. The number of rotatable bonds is 5. The molecule has 8 heteroatoms. The van der Waals surface area contributed by atoms with Crippen LogP contribution in [0.2, 0.25) is 10.0 Å². The molecule has 0 saturated heterocycles. The third-order valence-electron chi connectivity index (χ3n) is 4.59. The number of nitrogens with zero attached hydrogens (tertiary/aromatic N) is 1. The summed E-state index contributed by atoms with van der Waals surface area (Å²) >= 11 is 13.3. The molecule has 146 valence electrons. The van der Waals surface area contributed by atoms with E-state index in [0.717, 1.165) is 29.7 Å². The van der Waals surface area contributed by atoms with Gasteiger partial charge in [0.2, 0.25) is 0 Å². The molecule has 2 aromatic rings. The Hall–Kier alpha value is -2.07. The van der Waals surface area contributed by atoms with Crippen molar-refractivity contribution in [2.75, 3.05) is 11.9 Å². The molecule has 1 aromatic carbocycles. The van der Waals surface area contributed by atoms with E-state index in [1.165, 1.54) is 11.3 Å². The van der Waals surface area contributed by atoms with Crippen molar-refractivity contribution in [1.82, 2.24) is 0 Å². The molecule has 1 aliphatic rings.